The summed E-state index contributed by atoms with van der Waals surface area (Å²) in [7, 11) is 0. The minimum absolute atomic E-state index is 0.205. The predicted octanol–water partition coefficient (Wildman–Crippen LogP) is 3.43. The number of amides is 1. The fourth-order valence-electron chi connectivity index (χ4n) is 1.18. The molecule has 0 aliphatic rings. The van der Waals surface area contributed by atoms with E-state index in [0.717, 1.165) is 0 Å². The highest BCUT2D eigenvalue weighted by Crippen LogP contribution is 2.23. The number of furan rings is 1. The monoisotopic (exact) mass is 283 g/mol. The molecule has 0 unspecified atom stereocenters. The Morgan fingerprint density at radius 3 is 2.81 bits per heavy atom. The van der Waals surface area contributed by atoms with Crippen molar-refractivity contribution in [3.63, 3.8) is 0 Å². The summed E-state index contributed by atoms with van der Waals surface area (Å²) in [5.41, 5.74) is 0.489. The first kappa shape index (κ1) is 10.9. The fraction of sp³-hybridized carbons (Fsp3) is 0. The van der Waals surface area contributed by atoms with Crippen LogP contribution in [0.2, 0.25) is 0 Å². The molecule has 82 valence electrons. The third-order valence-corrected chi connectivity index (χ3v) is 2.58. The molecular formula is C11H7BrFNO2. The van der Waals surface area contributed by atoms with Crippen molar-refractivity contribution < 1.29 is 13.6 Å². The van der Waals surface area contributed by atoms with Crippen molar-refractivity contribution in [3.8, 4) is 0 Å². The number of nitrogens with one attached hydrogen (secondary N) is 1. The predicted molar refractivity (Wildman–Crippen MR) is 60.8 cm³/mol. The number of rotatable bonds is 2. The van der Waals surface area contributed by atoms with E-state index in [-0.39, 0.29) is 17.5 Å². The molecule has 1 aromatic heterocycles. The summed E-state index contributed by atoms with van der Waals surface area (Å²) in [6, 6.07) is 7.18. The molecular weight excluding hydrogens is 277 g/mol. The van der Waals surface area contributed by atoms with Crippen LogP contribution in [-0.4, -0.2) is 5.91 Å². The third-order valence-electron chi connectivity index (χ3n) is 1.92. The van der Waals surface area contributed by atoms with Crippen LogP contribution in [0.4, 0.5) is 10.1 Å². The topological polar surface area (TPSA) is 42.2 Å². The lowest BCUT2D eigenvalue weighted by molar-refractivity contribution is 0.0996. The smallest absolute Gasteiger partial charge is 0.291 e. The molecule has 5 heteroatoms. The van der Waals surface area contributed by atoms with E-state index in [9.17, 15) is 9.18 Å². The summed E-state index contributed by atoms with van der Waals surface area (Å²) >= 11 is 3.15. The highest BCUT2D eigenvalue weighted by Gasteiger charge is 2.10. The van der Waals surface area contributed by atoms with E-state index >= 15 is 0 Å². The molecule has 0 aliphatic heterocycles. The molecule has 3 nitrogen and oxygen atoms in total. The minimum atomic E-state index is -0.377. The molecule has 1 aromatic carbocycles. The van der Waals surface area contributed by atoms with Crippen LogP contribution in [0.5, 0.6) is 0 Å². The van der Waals surface area contributed by atoms with Crippen molar-refractivity contribution in [2.24, 2.45) is 0 Å². The Morgan fingerprint density at radius 1 is 1.38 bits per heavy atom. The number of hydrogen-bond acceptors (Lipinski definition) is 2. The number of carbonyl (C=O) groups excluding carboxylic acids is 1. The molecule has 0 spiro atoms. The van der Waals surface area contributed by atoms with Gasteiger partial charge in [0.2, 0.25) is 0 Å². The molecule has 16 heavy (non-hydrogen) atoms. The first-order chi connectivity index (χ1) is 7.66. The zero-order chi connectivity index (χ0) is 11.5. The fourth-order valence-corrected chi connectivity index (χ4v) is 1.63. The molecule has 0 saturated heterocycles. The summed E-state index contributed by atoms with van der Waals surface area (Å²) in [6.45, 7) is 0. The van der Waals surface area contributed by atoms with Crippen LogP contribution in [0.25, 0.3) is 0 Å². The van der Waals surface area contributed by atoms with E-state index in [4.69, 9.17) is 4.42 Å². The average molecular weight is 284 g/mol. The van der Waals surface area contributed by atoms with Gasteiger partial charge in [-0.2, -0.15) is 0 Å². The normalized spacial score (nSPS) is 10.1. The van der Waals surface area contributed by atoms with E-state index in [1.807, 2.05) is 0 Å². The van der Waals surface area contributed by atoms with Crippen LogP contribution in [0.3, 0.4) is 0 Å². The maximum absolute atomic E-state index is 12.8. The second-order valence-corrected chi connectivity index (χ2v) is 3.91. The summed E-state index contributed by atoms with van der Waals surface area (Å²) in [5, 5.41) is 2.59. The quantitative estimate of drug-likeness (QED) is 0.918. The van der Waals surface area contributed by atoms with Crippen molar-refractivity contribution >= 4 is 27.5 Å². The number of anilines is 1. The average Bonchev–Trinajstić information content (AvgIpc) is 2.75. The Balaban J connectivity index is 2.18. The molecule has 1 N–H and O–H groups in total. The lowest BCUT2D eigenvalue weighted by atomic mass is 10.3. The Labute approximate surface area is 99.4 Å². The SMILES string of the molecule is O=C(Nc1ccc(F)cc1Br)c1ccco1. The highest BCUT2D eigenvalue weighted by molar-refractivity contribution is 9.10. The zero-order valence-corrected chi connectivity index (χ0v) is 9.62. The van der Waals surface area contributed by atoms with Gasteiger partial charge >= 0.3 is 0 Å². The number of halogens is 2. The van der Waals surface area contributed by atoms with Crippen molar-refractivity contribution in [1.82, 2.24) is 0 Å². The van der Waals surface area contributed by atoms with Gasteiger partial charge in [0.1, 0.15) is 5.82 Å². The molecule has 0 atom stereocenters. The van der Waals surface area contributed by atoms with E-state index in [1.54, 1.807) is 12.1 Å². The van der Waals surface area contributed by atoms with Gasteiger partial charge in [0.05, 0.1) is 12.0 Å². The second-order valence-electron chi connectivity index (χ2n) is 3.06. The van der Waals surface area contributed by atoms with Crippen LogP contribution in [0.1, 0.15) is 10.6 Å². The molecule has 0 bridgehead atoms. The van der Waals surface area contributed by atoms with Gasteiger partial charge in [0.25, 0.3) is 5.91 Å². The molecule has 0 saturated carbocycles. The van der Waals surface area contributed by atoms with E-state index in [0.29, 0.717) is 10.2 Å². The third kappa shape index (κ3) is 2.30. The first-order valence-electron chi connectivity index (χ1n) is 4.47. The van der Waals surface area contributed by atoms with Crippen LogP contribution in [0, 0.1) is 5.82 Å². The van der Waals surface area contributed by atoms with Gasteiger partial charge in [-0.3, -0.25) is 4.79 Å². The van der Waals surface area contributed by atoms with E-state index in [1.165, 1.54) is 24.5 Å². The highest BCUT2D eigenvalue weighted by atomic mass is 79.9. The lowest BCUT2D eigenvalue weighted by Gasteiger charge is -2.05. The van der Waals surface area contributed by atoms with Gasteiger partial charge in [-0.1, -0.05) is 0 Å². The van der Waals surface area contributed by atoms with E-state index < -0.39 is 0 Å². The van der Waals surface area contributed by atoms with Gasteiger partial charge in [-0.05, 0) is 46.3 Å². The second kappa shape index (κ2) is 4.49. The van der Waals surface area contributed by atoms with Crippen molar-refractivity contribution in [3.05, 3.63) is 52.6 Å². The van der Waals surface area contributed by atoms with Gasteiger partial charge in [-0.15, -0.1) is 0 Å². The standard InChI is InChI=1S/C11H7BrFNO2/c12-8-6-7(13)3-4-9(8)14-11(15)10-2-1-5-16-10/h1-6H,(H,14,15). The molecule has 1 heterocycles. The minimum Gasteiger partial charge on any atom is -0.459 e. The molecule has 1 amide bonds. The Bertz CT molecular complexity index is 511. The molecule has 0 radical (unpaired) electrons. The van der Waals surface area contributed by atoms with Gasteiger partial charge in [0.15, 0.2) is 5.76 Å². The lowest BCUT2D eigenvalue weighted by Crippen LogP contribution is -2.11. The summed E-state index contributed by atoms with van der Waals surface area (Å²) in [4.78, 5) is 11.6. The van der Waals surface area contributed by atoms with Gasteiger partial charge in [-0.25, -0.2) is 4.39 Å². The van der Waals surface area contributed by atoms with Crippen LogP contribution < -0.4 is 5.32 Å². The van der Waals surface area contributed by atoms with Gasteiger partial charge in [0, 0.05) is 4.47 Å². The van der Waals surface area contributed by atoms with E-state index in [2.05, 4.69) is 21.2 Å². The Hall–Kier alpha value is -1.62. The number of hydrogen-bond donors (Lipinski definition) is 1. The van der Waals surface area contributed by atoms with Crippen LogP contribution in [-0.2, 0) is 0 Å². The largest absolute Gasteiger partial charge is 0.459 e. The summed E-state index contributed by atoms with van der Waals surface area (Å²) < 4.78 is 18.2. The Morgan fingerprint density at radius 2 is 2.19 bits per heavy atom. The molecule has 2 aromatic rings. The summed E-state index contributed by atoms with van der Waals surface area (Å²) in [5.74, 6) is -0.545. The van der Waals surface area contributed by atoms with Crippen LogP contribution in [0.15, 0.2) is 45.5 Å². The Kier molecular flexibility index (Phi) is 3.05. The number of benzene rings is 1. The van der Waals surface area contributed by atoms with Crippen molar-refractivity contribution in [1.29, 1.82) is 0 Å². The summed E-state index contributed by atoms with van der Waals surface area (Å²) in [6.07, 6.45) is 1.41. The maximum Gasteiger partial charge on any atom is 0.291 e. The maximum atomic E-state index is 12.8. The van der Waals surface area contributed by atoms with Crippen molar-refractivity contribution in [2.45, 2.75) is 0 Å². The molecule has 0 fully saturated rings. The van der Waals surface area contributed by atoms with Crippen LogP contribution >= 0.6 is 15.9 Å². The molecule has 0 aliphatic carbocycles. The molecule has 2 rings (SSSR count). The zero-order valence-electron chi connectivity index (χ0n) is 8.04. The van der Waals surface area contributed by atoms with Crippen molar-refractivity contribution in [2.75, 3.05) is 5.32 Å². The first-order valence-corrected chi connectivity index (χ1v) is 5.26. The van der Waals surface area contributed by atoms with Gasteiger partial charge < -0.3 is 9.73 Å². The number of carbonyl (C=O) groups is 1.